The molecule has 0 aliphatic heterocycles. The second kappa shape index (κ2) is 10.2. The summed E-state index contributed by atoms with van der Waals surface area (Å²) in [5.74, 6) is -0.292. The normalized spacial score (nSPS) is 13.0. The van der Waals surface area contributed by atoms with Crippen LogP contribution in [0.15, 0.2) is 59.9 Å². The van der Waals surface area contributed by atoms with E-state index in [4.69, 9.17) is 4.74 Å². The highest BCUT2D eigenvalue weighted by molar-refractivity contribution is 7.70. The molecule has 2 rings (SSSR count). The number of ether oxygens (including phenoxy) is 1. The van der Waals surface area contributed by atoms with Gasteiger partial charge in [0.25, 0.3) is 0 Å². The number of carbonyl (C=O) groups excluding carboxylic acids is 1. The van der Waals surface area contributed by atoms with Crippen LogP contribution in [0.1, 0.15) is 21.5 Å². The lowest BCUT2D eigenvalue weighted by atomic mass is 10.1. The molecule has 0 saturated carbocycles. The number of esters is 1. The lowest BCUT2D eigenvalue weighted by Gasteiger charge is -2.46. The molecule has 0 aromatic heterocycles. The molecule has 172 valence electrons. The van der Waals surface area contributed by atoms with Gasteiger partial charge < -0.3 is 9.64 Å². The van der Waals surface area contributed by atoms with Gasteiger partial charge in [0, 0.05) is 26.9 Å². The van der Waals surface area contributed by atoms with Crippen LogP contribution in [0, 0.1) is 0 Å². The molecule has 0 spiro atoms. The summed E-state index contributed by atoms with van der Waals surface area (Å²) < 4.78 is 4.80. The number of carbonyl (C=O) groups is 1. The molecule has 32 heavy (non-hydrogen) atoms. The van der Waals surface area contributed by atoms with Gasteiger partial charge in [-0.1, -0.05) is 87.1 Å². The van der Waals surface area contributed by atoms with E-state index in [0.29, 0.717) is 5.56 Å². The molecule has 6 heteroatoms. The predicted molar refractivity (Wildman–Crippen MR) is 149 cm³/mol. The van der Waals surface area contributed by atoms with Crippen molar-refractivity contribution in [1.29, 1.82) is 0 Å². The maximum atomic E-state index is 11.7. The van der Waals surface area contributed by atoms with Gasteiger partial charge in [-0.15, -0.1) is 0 Å². The number of hydrogen-bond donors (Lipinski definition) is 0. The van der Waals surface area contributed by atoms with E-state index in [0.717, 1.165) is 5.56 Å². The smallest absolute Gasteiger partial charge is 0.337 e. The van der Waals surface area contributed by atoms with Crippen LogP contribution >= 0.6 is 0 Å². The van der Waals surface area contributed by atoms with Crippen molar-refractivity contribution in [2.45, 2.75) is 39.3 Å². The van der Waals surface area contributed by atoms with E-state index in [1.165, 1.54) is 18.4 Å². The number of anilines is 1. The fourth-order valence-electron chi connectivity index (χ4n) is 3.59. The van der Waals surface area contributed by atoms with Gasteiger partial charge in [0.15, 0.2) is 0 Å². The second-order valence-corrected chi connectivity index (χ2v) is 37.9. The molecule has 0 atom stereocenters. The van der Waals surface area contributed by atoms with E-state index in [9.17, 15) is 4.79 Å². The maximum absolute atomic E-state index is 11.7. The van der Waals surface area contributed by atoms with E-state index < -0.39 is 22.3 Å². The quantitative estimate of drug-likeness (QED) is 0.313. The van der Waals surface area contributed by atoms with Crippen molar-refractivity contribution in [3.05, 3.63) is 76.6 Å². The van der Waals surface area contributed by atoms with Crippen molar-refractivity contribution in [2.24, 2.45) is 0 Å². The number of nitrogens with zero attached hydrogens (tertiary/aromatic N) is 1. The number of hydrogen-bond acceptors (Lipinski definition) is 3. The van der Waals surface area contributed by atoms with Gasteiger partial charge in [-0.25, -0.2) is 4.79 Å². The highest BCUT2D eigenvalue weighted by Crippen LogP contribution is 2.32. The highest BCUT2D eigenvalue weighted by Gasteiger charge is 2.49. The topological polar surface area (TPSA) is 29.5 Å². The Labute approximate surface area is 197 Å². The maximum Gasteiger partial charge on any atom is 0.337 e. The minimum atomic E-state index is -1.58. The Bertz CT molecular complexity index is 973. The zero-order chi connectivity index (χ0) is 24.2. The number of rotatable bonds is 8. The summed E-state index contributed by atoms with van der Waals surface area (Å²) in [6.45, 7) is 15.3. The average molecular weight is 482 g/mol. The lowest BCUT2D eigenvalue weighted by molar-refractivity contribution is 0.0600. The third-order valence-electron chi connectivity index (χ3n) is 7.35. The first-order valence-electron chi connectivity index (χ1n) is 11.1. The van der Waals surface area contributed by atoms with E-state index >= 15 is 0 Å². The largest absolute Gasteiger partial charge is 0.465 e. The molecular formula is C26H39NO2Si3. The summed E-state index contributed by atoms with van der Waals surface area (Å²) in [7, 11) is 0.912. The molecular weight excluding hydrogens is 443 g/mol. The standard InChI is InChI=1S/C26H39NO2Si3/c1-27(2)25-16-12-23(13-17-25)19-21-31(6,7)32(8,9)30(4,5)20-18-22-10-14-24(15-11-22)26(28)29-3/h10-21H,1-9H3/b20-18+,21-19+. The third-order valence-corrected chi connectivity index (χ3v) is 47.7. The molecule has 2 aromatic carbocycles. The van der Waals surface area contributed by atoms with Crippen LogP contribution in [0.2, 0.25) is 39.3 Å². The van der Waals surface area contributed by atoms with Crippen molar-refractivity contribution in [2.75, 3.05) is 26.1 Å². The molecule has 0 saturated heterocycles. The summed E-state index contributed by atoms with van der Waals surface area (Å²) in [6.07, 6.45) is 4.61. The molecule has 0 amide bonds. The van der Waals surface area contributed by atoms with Crippen molar-refractivity contribution in [3.8, 4) is 0 Å². The summed E-state index contributed by atoms with van der Waals surface area (Å²) in [5, 5.41) is 0. The Balaban J connectivity index is 2.20. The molecule has 0 heterocycles. The fourth-order valence-corrected chi connectivity index (χ4v) is 31.7. The Morgan fingerprint density at radius 3 is 1.53 bits per heavy atom. The van der Waals surface area contributed by atoms with E-state index in [-0.39, 0.29) is 5.97 Å². The summed E-state index contributed by atoms with van der Waals surface area (Å²) in [5.41, 5.74) is 9.32. The second-order valence-electron chi connectivity index (χ2n) is 10.3. The van der Waals surface area contributed by atoms with E-state index in [2.05, 4.69) is 106 Å². The Morgan fingerprint density at radius 1 is 0.750 bits per heavy atom. The molecule has 0 unspecified atom stereocenters. The van der Waals surface area contributed by atoms with Crippen molar-refractivity contribution < 1.29 is 9.53 Å². The fraction of sp³-hybridized carbons (Fsp3) is 0.346. The molecule has 0 radical (unpaired) electrons. The average Bonchev–Trinajstić information content (AvgIpc) is 2.76. The zero-order valence-corrected chi connectivity index (χ0v) is 24.2. The Kier molecular flexibility index (Phi) is 8.31. The van der Waals surface area contributed by atoms with Crippen LogP contribution in [0.4, 0.5) is 5.69 Å². The van der Waals surface area contributed by atoms with Crippen LogP contribution < -0.4 is 4.90 Å². The van der Waals surface area contributed by atoms with Gasteiger partial charge in [0.05, 0.1) is 27.9 Å². The monoisotopic (exact) mass is 481 g/mol. The van der Waals surface area contributed by atoms with Crippen LogP contribution in [0.3, 0.4) is 0 Å². The van der Waals surface area contributed by atoms with Gasteiger partial charge in [-0.3, -0.25) is 0 Å². The van der Waals surface area contributed by atoms with Crippen molar-refractivity contribution >= 4 is 46.1 Å². The van der Waals surface area contributed by atoms with Crippen LogP contribution in [0.25, 0.3) is 12.2 Å². The van der Waals surface area contributed by atoms with Crippen molar-refractivity contribution in [3.63, 3.8) is 0 Å². The Hall–Kier alpha value is -2.16. The van der Waals surface area contributed by atoms with Gasteiger partial charge in [0.2, 0.25) is 0 Å². The first-order valence-corrected chi connectivity index (χ1v) is 22.3. The molecule has 0 bridgehead atoms. The molecule has 0 aliphatic carbocycles. The molecule has 2 aromatic rings. The first-order chi connectivity index (χ1) is 14.8. The van der Waals surface area contributed by atoms with Gasteiger partial charge in [-0.2, -0.15) is 0 Å². The van der Waals surface area contributed by atoms with Gasteiger partial charge in [-0.05, 0) is 35.4 Å². The van der Waals surface area contributed by atoms with Crippen LogP contribution in [0.5, 0.6) is 0 Å². The van der Waals surface area contributed by atoms with E-state index in [1.807, 2.05) is 24.3 Å². The third kappa shape index (κ3) is 6.00. The number of methoxy groups -OCH3 is 1. The molecule has 3 nitrogen and oxygen atoms in total. The van der Waals surface area contributed by atoms with Crippen molar-refractivity contribution in [1.82, 2.24) is 0 Å². The highest BCUT2D eigenvalue weighted by atomic mass is 29.6. The Morgan fingerprint density at radius 2 is 1.16 bits per heavy atom. The minimum Gasteiger partial charge on any atom is -0.465 e. The minimum absolute atomic E-state index is 0.292. The van der Waals surface area contributed by atoms with Gasteiger partial charge in [0.1, 0.15) is 0 Å². The zero-order valence-electron chi connectivity index (χ0n) is 21.2. The van der Waals surface area contributed by atoms with E-state index in [1.54, 1.807) is 0 Å². The summed E-state index contributed by atoms with van der Waals surface area (Å²) >= 11 is 0. The van der Waals surface area contributed by atoms with Crippen LogP contribution in [-0.2, 0) is 4.74 Å². The lowest BCUT2D eigenvalue weighted by Crippen LogP contribution is -2.68. The van der Waals surface area contributed by atoms with Crippen LogP contribution in [-0.4, -0.2) is 49.5 Å². The summed E-state index contributed by atoms with van der Waals surface area (Å²) in [6, 6.07) is 16.5. The predicted octanol–water partition coefficient (Wildman–Crippen LogP) is 6.63. The SMILES string of the molecule is COC(=O)c1ccc(/C=C/[Si](C)(C)[Si](C)(C)[Si](C)(C)/C=C/c2ccc(N(C)C)cc2)cc1. The first kappa shape index (κ1) is 26.1. The molecule has 0 N–H and O–H groups in total. The molecule has 0 fully saturated rings. The molecule has 0 aliphatic rings. The van der Waals surface area contributed by atoms with Gasteiger partial charge >= 0.3 is 5.97 Å². The number of benzene rings is 2. The summed E-state index contributed by atoms with van der Waals surface area (Å²) in [4.78, 5) is 13.8.